The molecule has 0 heterocycles. The fourth-order valence-corrected chi connectivity index (χ4v) is 2.07. The molecule has 1 N–H and O–H groups in total. The van der Waals surface area contributed by atoms with Gasteiger partial charge in [0.2, 0.25) is 0 Å². The molecule has 6 nitrogen and oxygen atoms in total. The summed E-state index contributed by atoms with van der Waals surface area (Å²) in [5.41, 5.74) is -0.197. The smallest absolute Gasteiger partial charge is 0.408 e. The second-order valence-electron chi connectivity index (χ2n) is 5.49. The topological polar surface area (TPSA) is 73.9 Å². The Morgan fingerprint density at radius 2 is 1.86 bits per heavy atom. The van der Waals surface area contributed by atoms with E-state index in [2.05, 4.69) is 21.2 Å². The highest BCUT2D eigenvalue weighted by Gasteiger charge is 2.29. The van der Waals surface area contributed by atoms with Gasteiger partial charge >= 0.3 is 12.1 Å². The summed E-state index contributed by atoms with van der Waals surface area (Å²) >= 11 is 3.32. The fourth-order valence-electron chi connectivity index (χ4n) is 1.73. The number of benzene rings is 1. The number of hydrogen-bond donors (Lipinski definition) is 1. The molecule has 0 aliphatic rings. The number of hydrogen-bond acceptors (Lipinski definition) is 5. The van der Waals surface area contributed by atoms with Gasteiger partial charge in [-0.25, -0.2) is 9.59 Å². The summed E-state index contributed by atoms with van der Waals surface area (Å²) in [6.07, 6.45) is -0.715. The van der Waals surface area contributed by atoms with Crippen LogP contribution in [0.3, 0.4) is 0 Å². The highest BCUT2D eigenvalue weighted by atomic mass is 79.9. The van der Waals surface area contributed by atoms with Crippen LogP contribution in [0.1, 0.15) is 32.4 Å². The number of methoxy groups -OCH3 is 2. The van der Waals surface area contributed by atoms with Crippen LogP contribution >= 0.6 is 15.9 Å². The lowest BCUT2D eigenvalue weighted by molar-refractivity contribution is -0.143. The highest BCUT2D eigenvalue weighted by Crippen LogP contribution is 2.29. The summed E-state index contributed by atoms with van der Waals surface area (Å²) in [4.78, 5) is 23.9. The average Bonchev–Trinajstić information content (AvgIpc) is 2.42. The Morgan fingerprint density at radius 3 is 2.36 bits per heavy atom. The summed E-state index contributed by atoms with van der Waals surface area (Å²) in [5.74, 6) is -0.174. The first-order valence-corrected chi connectivity index (χ1v) is 7.38. The molecule has 1 rings (SSSR count). The zero-order chi connectivity index (χ0) is 16.9. The molecule has 0 bridgehead atoms. The van der Waals surface area contributed by atoms with Crippen LogP contribution in [-0.2, 0) is 14.3 Å². The molecule has 0 saturated heterocycles. The number of esters is 1. The Labute approximate surface area is 138 Å². The van der Waals surface area contributed by atoms with Gasteiger partial charge < -0.3 is 19.5 Å². The minimum atomic E-state index is -1.03. The van der Waals surface area contributed by atoms with Crippen molar-refractivity contribution in [1.82, 2.24) is 5.32 Å². The van der Waals surface area contributed by atoms with E-state index in [9.17, 15) is 9.59 Å². The Morgan fingerprint density at radius 1 is 1.23 bits per heavy atom. The fraction of sp³-hybridized carbons (Fsp3) is 0.467. The maximum absolute atomic E-state index is 12.0. The molecular formula is C15H20BrNO5. The van der Waals surface area contributed by atoms with Crippen molar-refractivity contribution in [2.45, 2.75) is 32.4 Å². The van der Waals surface area contributed by atoms with Gasteiger partial charge in [-0.15, -0.1) is 0 Å². The van der Waals surface area contributed by atoms with Gasteiger partial charge in [0, 0.05) is 10.0 Å². The molecule has 0 aliphatic carbocycles. The zero-order valence-electron chi connectivity index (χ0n) is 13.2. The van der Waals surface area contributed by atoms with Crippen molar-refractivity contribution in [1.29, 1.82) is 0 Å². The first kappa shape index (κ1) is 18.3. The van der Waals surface area contributed by atoms with Crippen molar-refractivity contribution in [3.05, 3.63) is 28.2 Å². The predicted molar refractivity (Wildman–Crippen MR) is 84.8 cm³/mol. The lowest BCUT2D eigenvalue weighted by Crippen LogP contribution is -2.38. The number of ether oxygens (including phenoxy) is 3. The maximum atomic E-state index is 12.0. The van der Waals surface area contributed by atoms with Gasteiger partial charge in [0.15, 0.2) is 6.04 Å². The van der Waals surface area contributed by atoms with E-state index in [1.807, 2.05) is 0 Å². The monoisotopic (exact) mass is 373 g/mol. The minimum absolute atomic E-state index is 0.445. The van der Waals surface area contributed by atoms with Crippen LogP contribution in [0, 0.1) is 0 Å². The molecule has 0 radical (unpaired) electrons. The van der Waals surface area contributed by atoms with Crippen molar-refractivity contribution < 1.29 is 23.8 Å². The zero-order valence-corrected chi connectivity index (χ0v) is 14.8. The van der Waals surface area contributed by atoms with Gasteiger partial charge in [-0.3, -0.25) is 0 Å². The second-order valence-corrected chi connectivity index (χ2v) is 6.40. The molecule has 1 aromatic carbocycles. The SMILES string of the molecule is COC(=O)C(NC(=O)OC(C)(C)C)c1ccc(Br)cc1OC. The third-order valence-electron chi connectivity index (χ3n) is 2.60. The quantitative estimate of drug-likeness (QED) is 0.820. The molecule has 0 aliphatic heterocycles. The Hall–Kier alpha value is -1.76. The molecule has 22 heavy (non-hydrogen) atoms. The van der Waals surface area contributed by atoms with Crippen LogP contribution in [0.15, 0.2) is 22.7 Å². The lowest BCUT2D eigenvalue weighted by Gasteiger charge is -2.23. The van der Waals surface area contributed by atoms with E-state index in [1.165, 1.54) is 14.2 Å². The largest absolute Gasteiger partial charge is 0.496 e. The number of carbonyl (C=O) groups excluding carboxylic acids is 2. The van der Waals surface area contributed by atoms with Gasteiger partial charge in [-0.1, -0.05) is 22.0 Å². The van der Waals surface area contributed by atoms with Crippen molar-refractivity contribution in [2.24, 2.45) is 0 Å². The van der Waals surface area contributed by atoms with Crippen LogP contribution in [0.2, 0.25) is 0 Å². The summed E-state index contributed by atoms with van der Waals surface area (Å²) < 4.78 is 16.0. The molecule has 1 atom stereocenters. The van der Waals surface area contributed by atoms with Crippen molar-refractivity contribution in [3.63, 3.8) is 0 Å². The Kier molecular flexibility index (Phi) is 6.22. The van der Waals surface area contributed by atoms with E-state index in [1.54, 1.807) is 39.0 Å². The summed E-state index contributed by atoms with van der Waals surface area (Å²) in [6, 6.07) is 4.08. The lowest BCUT2D eigenvalue weighted by atomic mass is 10.1. The van der Waals surface area contributed by atoms with Crippen molar-refractivity contribution in [3.8, 4) is 5.75 Å². The minimum Gasteiger partial charge on any atom is -0.496 e. The van der Waals surface area contributed by atoms with Crippen LogP contribution in [-0.4, -0.2) is 31.9 Å². The number of amides is 1. The Balaban J connectivity index is 3.09. The maximum Gasteiger partial charge on any atom is 0.408 e. The molecule has 7 heteroatoms. The average molecular weight is 374 g/mol. The van der Waals surface area contributed by atoms with Gasteiger partial charge in [-0.2, -0.15) is 0 Å². The predicted octanol–water partition coefficient (Wildman–Crippen LogP) is 3.20. The summed E-state index contributed by atoms with van der Waals surface area (Å²) in [5, 5.41) is 2.50. The number of nitrogens with one attached hydrogen (secondary N) is 1. The van der Waals surface area contributed by atoms with Crippen molar-refractivity contribution >= 4 is 28.0 Å². The molecule has 1 aromatic rings. The third kappa shape index (κ3) is 5.22. The van der Waals surface area contributed by atoms with Crippen LogP contribution in [0.5, 0.6) is 5.75 Å². The number of carbonyl (C=O) groups is 2. The van der Waals surface area contributed by atoms with Gasteiger partial charge in [-0.05, 0) is 32.9 Å². The van der Waals surface area contributed by atoms with Crippen LogP contribution < -0.4 is 10.1 Å². The summed E-state index contributed by atoms with van der Waals surface area (Å²) in [6.45, 7) is 5.21. The molecule has 1 amide bonds. The standard InChI is InChI=1S/C15H20BrNO5/c1-15(2,3)22-14(19)17-12(13(18)21-5)10-7-6-9(16)8-11(10)20-4/h6-8,12H,1-5H3,(H,17,19). The van der Waals surface area contributed by atoms with E-state index < -0.39 is 23.7 Å². The molecule has 0 spiro atoms. The highest BCUT2D eigenvalue weighted by molar-refractivity contribution is 9.10. The molecule has 0 saturated carbocycles. The number of rotatable bonds is 4. The van der Waals surface area contributed by atoms with Gasteiger partial charge in [0.05, 0.1) is 14.2 Å². The van der Waals surface area contributed by atoms with E-state index in [0.717, 1.165) is 4.47 Å². The van der Waals surface area contributed by atoms with E-state index in [-0.39, 0.29) is 0 Å². The van der Waals surface area contributed by atoms with Gasteiger partial charge in [0.25, 0.3) is 0 Å². The van der Waals surface area contributed by atoms with E-state index >= 15 is 0 Å². The molecule has 122 valence electrons. The van der Waals surface area contributed by atoms with Crippen molar-refractivity contribution in [2.75, 3.05) is 14.2 Å². The van der Waals surface area contributed by atoms with E-state index in [4.69, 9.17) is 14.2 Å². The number of alkyl carbamates (subject to hydrolysis) is 1. The van der Waals surface area contributed by atoms with Gasteiger partial charge in [0.1, 0.15) is 11.4 Å². The normalized spacial score (nSPS) is 12.3. The number of halogens is 1. The molecular weight excluding hydrogens is 354 g/mol. The molecule has 0 fully saturated rings. The summed E-state index contributed by atoms with van der Waals surface area (Å²) in [7, 11) is 2.73. The third-order valence-corrected chi connectivity index (χ3v) is 3.10. The first-order valence-electron chi connectivity index (χ1n) is 6.58. The van der Waals surface area contributed by atoms with Crippen LogP contribution in [0.4, 0.5) is 4.79 Å². The van der Waals surface area contributed by atoms with Crippen LogP contribution in [0.25, 0.3) is 0 Å². The molecule has 0 aromatic heterocycles. The second kappa shape index (κ2) is 7.49. The first-order chi connectivity index (χ1) is 10.2. The van der Waals surface area contributed by atoms with E-state index in [0.29, 0.717) is 11.3 Å². The molecule has 1 unspecified atom stereocenters. The Bertz CT molecular complexity index is 553.